The Balaban J connectivity index is 1.39. The van der Waals surface area contributed by atoms with Gasteiger partial charge in [-0.15, -0.1) is 0 Å². The lowest BCUT2D eigenvalue weighted by molar-refractivity contribution is -0.150. The van der Waals surface area contributed by atoms with Crippen LogP contribution in [0.3, 0.4) is 0 Å². The summed E-state index contributed by atoms with van der Waals surface area (Å²) in [5.74, 6) is -5.71. The third kappa shape index (κ3) is 14.3. The van der Waals surface area contributed by atoms with Crippen molar-refractivity contribution in [3.63, 3.8) is 0 Å². The number of guanidine groups is 1. The summed E-state index contributed by atoms with van der Waals surface area (Å²) in [6.07, 6.45) is 4.47. The molecule has 7 atom stereocenters. The zero-order valence-corrected chi connectivity index (χ0v) is 35.6. The number of likely N-dealkylation sites (tertiary alicyclic amines) is 3. The number of amides is 7. The minimum Gasteiger partial charge on any atom is -0.480 e. The van der Waals surface area contributed by atoms with Crippen LogP contribution >= 0.6 is 0 Å². The van der Waals surface area contributed by atoms with Crippen LogP contribution in [0.5, 0.6) is 0 Å². The molecule has 4 rings (SSSR count). The highest BCUT2D eigenvalue weighted by Crippen LogP contribution is 2.26. The number of aliphatic imine (C=N–C) groups is 1. The van der Waals surface area contributed by atoms with E-state index in [4.69, 9.17) is 22.9 Å². The molecule has 22 heteroatoms. The van der Waals surface area contributed by atoms with Crippen molar-refractivity contribution in [3.05, 3.63) is 35.9 Å². The van der Waals surface area contributed by atoms with Gasteiger partial charge in [-0.05, 0) is 76.3 Å². The fourth-order valence-corrected chi connectivity index (χ4v) is 8.20. The van der Waals surface area contributed by atoms with E-state index in [2.05, 4.69) is 26.3 Å². The second kappa shape index (κ2) is 24.7. The summed E-state index contributed by atoms with van der Waals surface area (Å²) in [4.78, 5) is 115. The minimum absolute atomic E-state index is 0.0237. The van der Waals surface area contributed by atoms with E-state index >= 15 is 0 Å². The van der Waals surface area contributed by atoms with Gasteiger partial charge in [-0.3, -0.25) is 38.6 Å². The van der Waals surface area contributed by atoms with Gasteiger partial charge in [0.1, 0.15) is 36.3 Å². The Kier molecular flexibility index (Phi) is 19.5. The molecule has 348 valence electrons. The molecule has 3 aliphatic heterocycles. The van der Waals surface area contributed by atoms with E-state index in [9.17, 15) is 48.6 Å². The second-order valence-corrected chi connectivity index (χ2v) is 16.1. The first-order valence-electron chi connectivity index (χ1n) is 21.6. The lowest BCUT2D eigenvalue weighted by atomic mass is 10.0. The van der Waals surface area contributed by atoms with Crippen molar-refractivity contribution in [3.8, 4) is 0 Å². The van der Waals surface area contributed by atoms with Crippen LogP contribution in [0, 0.1) is 0 Å². The van der Waals surface area contributed by atoms with Crippen LogP contribution in [0.4, 0.5) is 0 Å². The number of unbranched alkanes of at least 4 members (excludes halogenated alkanes) is 1. The molecule has 7 unspecified atom stereocenters. The van der Waals surface area contributed by atoms with E-state index in [0.29, 0.717) is 69.9 Å². The average Bonchev–Trinajstić information content (AvgIpc) is 4.07. The number of aliphatic carboxylic acids is 1. The molecule has 3 saturated heterocycles. The van der Waals surface area contributed by atoms with Crippen molar-refractivity contribution in [2.75, 3.05) is 45.9 Å². The van der Waals surface area contributed by atoms with Crippen LogP contribution in [0.2, 0.25) is 0 Å². The molecule has 14 N–H and O–H groups in total. The summed E-state index contributed by atoms with van der Waals surface area (Å²) in [5, 5.41) is 29.9. The molecule has 0 saturated carbocycles. The molecule has 7 amide bonds. The van der Waals surface area contributed by atoms with Crippen molar-refractivity contribution in [2.45, 2.75) is 119 Å². The fraction of sp³-hybridized carbons (Fsp3) is 0.634. The Morgan fingerprint density at radius 1 is 0.730 bits per heavy atom. The number of carboxylic acids is 1. The molecule has 1 aromatic rings. The van der Waals surface area contributed by atoms with Gasteiger partial charge in [0.25, 0.3) is 0 Å². The number of aliphatic hydroxyl groups excluding tert-OH is 1. The summed E-state index contributed by atoms with van der Waals surface area (Å²) in [7, 11) is 0. The van der Waals surface area contributed by atoms with Gasteiger partial charge in [0.05, 0.1) is 19.2 Å². The van der Waals surface area contributed by atoms with Crippen LogP contribution in [0.15, 0.2) is 35.3 Å². The largest absolute Gasteiger partial charge is 0.480 e. The first-order valence-corrected chi connectivity index (χ1v) is 21.6. The first-order chi connectivity index (χ1) is 30.2. The Labute approximate surface area is 366 Å². The number of aliphatic hydroxyl groups is 1. The molecule has 0 aromatic heterocycles. The Hall–Kier alpha value is -5.87. The molecule has 3 fully saturated rings. The van der Waals surface area contributed by atoms with Crippen LogP contribution < -0.4 is 44.2 Å². The number of hydrogen-bond acceptors (Lipinski definition) is 12. The number of carboxylic acid groups (broad SMARTS) is 1. The van der Waals surface area contributed by atoms with Gasteiger partial charge >= 0.3 is 5.97 Å². The Morgan fingerprint density at radius 3 is 1.97 bits per heavy atom. The summed E-state index contributed by atoms with van der Waals surface area (Å²) in [6, 6.07) is 1.10. The van der Waals surface area contributed by atoms with Crippen LogP contribution in [0.1, 0.15) is 76.2 Å². The number of hydrogen-bond donors (Lipinski definition) is 10. The number of nitrogens with one attached hydrogen (secondary N) is 4. The first kappa shape index (κ1) is 49.8. The minimum atomic E-state index is -1.47. The maximum absolute atomic E-state index is 14.1. The highest BCUT2D eigenvalue weighted by atomic mass is 16.4. The Bertz CT molecular complexity index is 1800. The molecular weight excluding hydrogens is 821 g/mol. The smallest absolute Gasteiger partial charge is 0.326 e. The van der Waals surface area contributed by atoms with Gasteiger partial charge in [0.15, 0.2) is 5.96 Å². The lowest BCUT2D eigenvalue weighted by Gasteiger charge is -2.33. The SMILES string of the molecule is NCCCCC(N)C(=O)NC(CCCN=C(N)N)C(=O)N1CCCC1C(=O)N1CCCC1C(=O)NCC(=O)NC(Cc1ccccc1)C(=O)NC(CO)C(=O)N1CCCC1C(=O)O. The van der Waals surface area contributed by atoms with E-state index in [1.54, 1.807) is 30.3 Å². The highest BCUT2D eigenvalue weighted by molar-refractivity contribution is 5.97. The third-order valence-electron chi connectivity index (χ3n) is 11.5. The van der Waals surface area contributed by atoms with Crippen LogP contribution in [-0.2, 0) is 44.8 Å². The number of benzene rings is 1. The third-order valence-corrected chi connectivity index (χ3v) is 11.5. The number of rotatable bonds is 23. The lowest BCUT2D eigenvalue weighted by Crippen LogP contribution is -2.58. The summed E-state index contributed by atoms with van der Waals surface area (Å²) < 4.78 is 0. The summed E-state index contributed by atoms with van der Waals surface area (Å²) in [5.41, 5.74) is 23.3. The predicted molar refractivity (Wildman–Crippen MR) is 229 cm³/mol. The van der Waals surface area contributed by atoms with Crippen molar-refractivity contribution >= 4 is 53.3 Å². The van der Waals surface area contributed by atoms with Crippen molar-refractivity contribution in [1.82, 2.24) is 36.0 Å². The van der Waals surface area contributed by atoms with Crippen LogP contribution in [0.25, 0.3) is 0 Å². The number of carbonyl (C=O) groups excluding carboxylic acids is 7. The number of nitrogens with two attached hydrogens (primary N) is 4. The van der Waals surface area contributed by atoms with Gasteiger partial charge in [-0.25, -0.2) is 4.79 Å². The molecule has 0 radical (unpaired) electrons. The normalized spacial score (nSPS) is 20.2. The molecular formula is C41H64N12O10. The van der Waals surface area contributed by atoms with Gasteiger partial charge < -0.3 is 69.1 Å². The maximum atomic E-state index is 14.1. The molecule has 3 heterocycles. The molecule has 0 spiro atoms. The fourth-order valence-electron chi connectivity index (χ4n) is 8.20. The van der Waals surface area contributed by atoms with E-state index < -0.39 is 103 Å². The van der Waals surface area contributed by atoms with Crippen LogP contribution in [-0.4, -0.2) is 166 Å². The average molecular weight is 885 g/mol. The predicted octanol–water partition coefficient (Wildman–Crippen LogP) is -3.64. The van der Waals surface area contributed by atoms with Gasteiger partial charge in [-0.1, -0.05) is 36.8 Å². The topological polar surface area (TPSA) is 351 Å². The van der Waals surface area contributed by atoms with E-state index in [1.165, 1.54) is 9.80 Å². The number of nitrogens with zero attached hydrogens (tertiary/aromatic N) is 4. The Morgan fingerprint density at radius 2 is 1.33 bits per heavy atom. The van der Waals surface area contributed by atoms with Crippen molar-refractivity contribution in [2.24, 2.45) is 27.9 Å². The van der Waals surface area contributed by atoms with Gasteiger partial charge in [0.2, 0.25) is 41.4 Å². The maximum Gasteiger partial charge on any atom is 0.326 e. The van der Waals surface area contributed by atoms with E-state index in [-0.39, 0.29) is 51.4 Å². The molecule has 3 aliphatic rings. The molecule has 0 aliphatic carbocycles. The molecule has 1 aromatic carbocycles. The van der Waals surface area contributed by atoms with Crippen molar-refractivity contribution in [1.29, 1.82) is 0 Å². The van der Waals surface area contributed by atoms with Gasteiger partial charge in [-0.2, -0.15) is 0 Å². The quantitative estimate of drug-likeness (QED) is 0.0288. The van der Waals surface area contributed by atoms with E-state index in [1.807, 2.05) is 0 Å². The summed E-state index contributed by atoms with van der Waals surface area (Å²) in [6.45, 7) is -0.120. The monoisotopic (exact) mass is 884 g/mol. The summed E-state index contributed by atoms with van der Waals surface area (Å²) >= 11 is 0. The molecule has 22 nitrogen and oxygen atoms in total. The molecule has 63 heavy (non-hydrogen) atoms. The zero-order valence-electron chi connectivity index (χ0n) is 35.6. The highest BCUT2D eigenvalue weighted by Gasteiger charge is 2.44. The second-order valence-electron chi connectivity index (χ2n) is 16.1. The zero-order chi connectivity index (χ0) is 46.1. The standard InChI is InChI=1S/C41H64N12O10/c42-17-5-4-12-26(43)34(56)49-27(13-6-18-46-41(44)45)37(59)52-20-8-15-31(52)39(61)51-19-7-14-30(51)36(58)47-23-33(55)48-28(22-25-10-2-1-3-11-25)35(57)50-29(24-54)38(60)53-21-9-16-32(53)40(62)63/h1-3,10-11,26-32,54H,4-9,12-24,42-43H2,(H,47,58)(H,48,55)(H,49,56)(H,50,57)(H,62,63)(H4,44,45,46). The molecule has 0 bridgehead atoms. The van der Waals surface area contributed by atoms with E-state index in [0.717, 1.165) is 4.90 Å². The van der Waals surface area contributed by atoms with Crippen molar-refractivity contribution < 1.29 is 48.6 Å². The van der Waals surface area contributed by atoms with Gasteiger partial charge in [0, 0.05) is 32.6 Å². The number of carbonyl (C=O) groups is 8.